The van der Waals surface area contributed by atoms with Gasteiger partial charge in [0.1, 0.15) is 5.82 Å². The van der Waals surface area contributed by atoms with Crippen LogP contribution in [0.2, 0.25) is 0 Å². The Kier molecular flexibility index (Phi) is 4.44. The average Bonchev–Trinajstić information content (AvgIpc) is 2.43. The molecule has 0 bridgehead atoms. The van der Waals surface area contributed by atoms with Gasteiger partial charge in [-0.2, -0.15) is 12.7 Å². The first-order chi connectivity index (χ1) is 9.88. The van der Waals surface area contributed by atoms with Gasteiger partial charge in [0.15, 0.2) is 0 Å². The fourth-order valence-corrected chi connectivity index (χ4v) is 2.20. The summed E-state index contributed by atoms with van der Waals surface area (Å²) in [6.45, 7) is 0. The fourth-order valence-electron chi connectivity index (χ4n) is 1.58. The monoisotopic (exact) mass is 309 g/mol. The Hall–Kier alpha value is -2.12. The van der Waals surface area contributed by atoms with Crippen LogP contribution in [0.3, 0.4) is 0 Å². The van der Waals surface area contributed by atoms with E-state index in [0.717, 1.165) is 4.31 Å². The van der Waals surface area contributed by atoms with E-state index in [1.807, 2.05) is 0 Å². The number of para-hydroxylation sites is 1. The largest absolute Gasteiger partial charge is 0.353 e. The zero-order valence-electron chi connectivity index (χ0n) is 11.7. The van der Waals surface area contributed by atoms with Gasteiger partial charge in [-0.25, -0.2) is 4.39 Å². The van der Waals surface area contributed by atoms with Gasteiger partial charge in [-0.3, -0.25) is 4.72 Å². The summed E-state index contributed by atoms with van der Waals surface area (Å²) in [5.41, 5.74) is 1.45. The molecule has 0 aliphatic rings. The Labute approximate surface area is 123 Å². The van der Waals surface area contributed by atoms with Crippen molar-refractivity contribution < 1.29 is 12.8 Å². The van der Waals surface area contributed by atoms with Crippen LogP contribution in [-0.4, -0.2) is 26.8 Å². The number of hydrogen-bond donors (Lipinski definition) is 2. The van der Waals surface area contributed by atoms with E-state index in [4.69, 9.17) is 0 Å². The smallest absolute Gasteiger partial charge is 0.301 e. The Morgan fingerprint density at radius 1 is 0.952 bits per heavy atom. The highest BCUT2D eigenvalue weighted by Gasteiger charge is 2.12. The highest BCUT2D eigenvalue weighted by molar-refractivity contribution is 7.90. The van der Waals surface area contributed by atoms with E-state index < -0.39 is 10.2 Å². The minimum absolute atomic E-state index is 0.352. The van der Waals surface area contributed by atoms with Crippen LogP contribution in [0, 0.1) is 5.82 Å². The molecular weight excluding hydrogens is 293 g/mol. The van der Waals surface area contributed by atoms with Crippen molar-refractivity contribution in [2.75, 3.05) is 24.1 Å². The maximum atomic E-state index is 13.5. The molecule has 0 amide bonds. The zero-order chi connectivity index (χ0) is 15.5. The van der Waals surface area contributed by atoms with Crippen molar-refractivity contribution in [1.29, 1.82) is 0 Å². The first kappa shape index (κ1) is 15.3. The van der Waals surface area contributed by atoms with Crippen LogP contribution < -0.4 is 10.0 Å². The molecule has 5 nitrogen and oxygen atoms in total. The van der Waals surface area contributed by atoms with Gasteiger partial charge < -0.3 is 5.32 Å². The first-order valence-electron chi connectivity index (χ1n) is 6.20. The maximum Gasteiger partial charge on any atom is 0.301 e. The third kappa shape index (κ3) is 3.93. The molecule has 0 aliphatic carbocycles. The molecule has 2 N–H and O–H groups in total. The van der Waals surface area contributed by atoms with E-state index in [-0.39, 0.29) is 5.82 Å². The molecule has 0 heterocycles. The summed E-state index contributed by atoms with van der Waals surface area (Å²) in [5.74, 6) is -0.352. The SMILES string of the molecule is CN(C)S(=O)(=O)Nc1ccc(Nc2ccccc2F)cc1. The summed E-state index contributed by atoms with van der Waals surface area (Å²) >= 11 is 0. The van der Waals surface area contributed by atoms with E-state index in [9.17, 15) is 12.8 Å². The Bertz CT molecular complexity index is 715. The van der Waals surface area contributed by atoms with Crippen molar-refractivity contribution in [3.8, 4) is 0 Å². The van der Waals surface area contributed by atoms with Crippen molar-refractivity contribution >= 4 is 27.3 Å². The first-order valence-corrected chi connectivity index (χ1v) is 7.64. The molecule has 0 unspecified atom stereocenters. The summed E-state index contributed by atoms with van der Waals surface area (Å²) in [6.07, 6.45) is 0. The number of nitrogens with one attached hydrogen (secondary N) is 2. The standard InChI is InChI=1S/C14H16FN3O2S/c1-18(2)21(19,20)17-12-9-7-11(8-10-12)16-14-6-4-3-5-13(14)15/h3-10,16-17H,1-2H3. The molecule has 2 rings (SSSR count). The molecule has 21 heavy (non-hydrogen) atoms. The number of hydrogen-bond acceptors (Lipinski definition) is 3. The van der Waals surface area contributed by atoms with Gasteiger partial charge in [-0.1, -0.05) is 12.1 Å². The number of nitrogens with zero attached hydrogens (tertiary/aromatic N) is 1. The van der Waals surface area contributed by atoms with Crippen molar-refractivity contribution in [2.24, 2.45) is 0 Å². The van der Waals surface area contributed by atoms with Crippen molar-refractivity contribution in [3.05, 3.63) is 54.3 Å². The van der Waals surface area contributed by atoms with Crippen molar-refractivity contribution in [1.82, 2.24) is 4.31 Å². The lowest BCUT2D eigenvalue weighted by molar-refractivity contribution is 0.527. The fraction of sp³-hybridized carbons (Fsp3) is 0.143. The summed E-state index contributed by atoms with van der Waals surface area (Å²) in [5, 5.41) is 2.92. The van der Waals surface area contributed by atoms with E-state index in [2.05, 4.69) is 10.0 Å². The summed E-state index contributed by atoms with van der Waals surface area (Å²) in [6, 6.07) is 12.9. The summed E-state index contributed by atoms with van der Waals surface area (Å²) < 4.78 is 40.3. The summed E-state index contributed by atoms with van der Waals surface area (Å²) in [7, 11) is -0.645. The van der Waals surface area contributed by atoms with Crippen LogP contribution in [0.4, 0.5) is 21.5 Å². The number of anilines is 3. The quantitative estimate of drug-likeness (QED) is 0.893. The van der Waals surface area contributed by atoms with Crippen LogP contribution >= 0.6 is 0 Å². The minimum Gasteiger partial charge on any atom is -0.353 e. The van der Waals surface area contributed by atoms with E-state index in [1.54, 1.807) is 42.5 Å². The lowest BCUT2D eigenvalue weighted by Gasteiger charge is -2.14. The van der Waals surface area contributed by atoms with Gasteiger partial charge in [-0.05, 0) is 36.4 Å². The molecule has 0 aliphatic heterocycles. The lowest BCUT2D eigenvalue weighted by Crippen LogP contribution is -2.28. The molecule has 0 saturated carbocycles. The second kappa shape index (κ2) is 6.11. The highest BCUT2D eigenvalue weighted by Crippen LogP contribution is 2.21. The van der Waals surface area contributed by atoms with Crippen LogP contribution in [0.1, 0.15) is 0 Å². The van der Waals surface area contributed by atoms with Gasteiger partial charge in [0, 0.05) is 25.5 Å². The molecule has 0 radical (unpaired) electrons. The van der Waals surface area contributed by atoms with Gasteiger partial charge in [0.25, 0.3) is 0 Å². The van der Waals surface area contributed by atoms with Crippen LogP contribution in [0.15, 0.2) is 48.5 Å². The lowest BCUT2D eigenvalue weighted by atomic mass is 10.2. The van der Waals surface area contributed by atoms with Gasteiger partial charge in [0.05, 0.1) is 5.69 Å². The molecule has 0 aromatic heterocycles. The highest BCUT2D eigenvalue weighted by atomic mass is 32.2. The number of halogens is 1. The molecule has 2 aromatic rings. The molecule has 112 valence electrons. The maximum absolute atomic E-state index is 13.5. The zero-order valence-corrected chi connectivity index (χ0v) is 12.5. The van der Waals surface area contributed by atoms with Gasteiger partial charge in [-0.15, -0.1) is 0 Å². The topological polar surface area (TPSA) is 61.4 Å². The molecule has 0 atom stereocenters. The second-order valence-electron chi connectivity index (χ2n) is 4.57. The molecule has 2 aromatic carbocycles. The Morgan fingerprint density at radius 2 is 1.52 bits per heavy atom. The number of rotatable bonds is 5. The second-order valence-corrected chi connectivity index (χ2v) is 6.46. The van der Waals surface area contributed by atoms with E-state index in [1.165, 1.54) is 20.2 Å². The predicted molar refractivity (Wildman–Crippen MR) is 82.4 cm³/mol. The van der Waals surface area contributed by atoms with Crippen LogP contribution in [-0.2, 0) is 10.2 Å². The van der Waals surface area contributed by atoms with Gasteiger partial charge >= 0.3 is 10.2 Å². The summed E-state index contributed by atoms with van der Waals surface area (Å²) in [4.78, 5) is 0. The molecule has 0 fully saturated rings. The third-order valence-corrected chi connectivity index (χ3v) is 4.22. The minimum atomic E-state index is -3.53. The number of benzene rings is 2. The van der Waals surface area contributed by atoms with E-state index >= 15 is 0 Å². The molecule has 7 heteroatoms. The molecule has 0 saturated heterocycles. The molecular formula is C14H16FN3O2S. The average molecular weight is 309 g/mol. The third-order valence-electron chi connectivity index (χ3n) is 2.77. The van der Waals surface area contributed by atoms with Crippen molar-refractivity contribution in [2.45, 2.75) is 0 Å². The van der Waals surface area contributed by atoms with Gasteiger partial charge in [0.2, 0.25) is 0 Å². The van der Waals surface area contributed by atoms with Crippen LogP contribution in [0.5, 0.6) is 0 Å². The Balaban J connectivity index is 2.11. The van der Waals surface area contributed by atoms with Crippen molar-refractivity contribution in [3.63, 3.8) is 0 Å². The van der Waals surface area contributed by atoms with Crippen LogP contribution in [0.25, 0.3) is 0 Å². The normalized spacial score (nSPS) is 11.4. The Morgan fingerprint density at radius 3 is 2.10 bits per heavy atom. The molecule has 0 spiro atoms. The van der Waals surface area contributed by atoms with E-state index in [0.29, 0.717) is 17.1 Å². The predicted octanol–water partition coefficient (Wildman–Crippen LogP) is 2.79.